The van der Waals surface area contributed by atoms with Crippen molar-refractivity contribution in [3.63, 3.8) is 0 Å². The van der Waals surface area contributed by atoms with E-state index in [0.29, 0.717) is 5.92 Å². The molecule has 55 heavy (non-hydrogen) atoms. The molecular weight excluding hydrogens is 667 g/mol. The third kappa shape index (κ3) is 6.86. The second kappa shape index (κ2) is 15.0. The molecule has 1 aliphatic carbocycles. The lowest BCUT2D eigenvalue weighted by molar-refractivity contribution is 0.781. The number of nitrogens with zero attached hydrogens (tertiary/aromatic N) is 2. The Balaban J connectivity index is 1.10. The Morgan fingerprint density at radius 1 is 0.691 bits per heavy atom. The Bertz CT molecular complexity index is 2680. The van der Waals surface area contributed by atoms with Crippen LogP contribution in [0.4, 0.5) is 0 Å². The van der Waals surface area contributed by atoms with Gasteiger partial charge in [-0.1, -0.05) is 153 Å². The van der Waals surface area contributed by atoms with Crippen LogP contribution in [0.5, 0.6) is 0 Å². The maximum Gasteiger partial charge on any atom is 0.134 e. The van der Waals surface area contributed by atoms with E-state index in [9.17, 15) is 0 Å². The van der Waals surface area contributed by atoms with Gasteiger partial charge in [-0.15, -0.1) is 0 Å². The molecule has 2 aliphatic rings. The number of allylic oxidation sites excluding steroid dienone is 3. The van der Waals surface area contributed by atoms with Gasteiger partial charge in [-0.25, -0.2) is 4.99 Å². The summed E-state index contributed by atoms with van der Waals surface area (Å²) in [5, 5.41) is 9.14. The molecule has 0 saturated heterocycles. The molecule has 0 saturated carbocycles. The largest absolute Gasteiger partial charge is 0.359 e. The summed E-state index contributed by atoms with van der Waals surface area (Å²) in [6, 6.07) is 48.0. The second-order valence-corrected chi connectivity index (χ2v) is 14.6. The summed E-state index contributed by atoms with van der Waals surface area (Å²) in [7, 11) is 0. The molecule has 2 atom stereocenters. The first-order chi connectivity index (χ1) is 27.1. The number of hydrogen-bond acceptors (Lipinski definition) is 3. The number of amidine groups is 1. The van der Waals surface area contributed by atoms with Crippen LogP contribution in [-0.4, -0.2) is 16.9 Å². The standard InChI is InChI=1S/C52H43N3/c1-3-37(17-10-16-36-14-5-4-6-15-36)49-33-50(39-26-24-38(25-27-39)43-20-12-30-53-34-43)55-52(54-49)42-19-11-18-40(31-42)41-28-29-46-44-21-7-8-22-45(44)47-23-9-13-35(2)51(47)48(46)32-41/h3-12,14-15,17-35,49H,13,16H2,1-2H3,(H,54,55)/b17-10-,37-3+. The molecule has 1 aromatic heterocycles. The highest BCUT2D eigenvalue weighted by Gasteiger charge is 2.22. The van der Waals surface area contributed by atoms with Crippen LogP contribution < -0.4 is 5.32 Å². The van der Waals surface area contributed by atoms with Crippen LogP contribution in [0.25, 0.3) is 55.6 Å². The smallest absolute Gasteiger partial charge is 0.134 e. The predicted molar refractivity (Wildman–Crippen MR) is 233 cm³/mol. The van der Waals surface area contributed by atoms with Crippen molar-refractivity contribution in [2.75, 3.05) is 0 Å². The second-order valence-electron chi connectivity index (χ2n) is 14.6. The first kappa shape index (κ1) is 34.2. The number of aromatic nitrogens is 1. The molecule has 0 bridgehead atoms. The highest BCUT2D eigenvalue weighted by atomic mass is 15.0. The quantitative estimate of drug-likeness (QED) is 0.126. The van der Waals surface area contributed by atoms with E-state index in [1.54, 1.807) is 0 Å². The number of aliphatic imine (C=N–C) groups is 1. The van der Waals surface area contributed by atoms with E-state index in [-0.39, 0.29) is 6.04 Å². The highest BCUT2D eigenvalue weighted by molar-refractivity contribution is 6.14. The Kier molecular flexibility index (Phi) is 9.35. The molecule has 0 amide bonds. The van der Waals surface area contributed by atoms with E-state index >= 15 is 0 Å². The number of fused-ring (bicyclic) bond motifs is 6. The summed E-state index contributed by atoms with van der Waals surface area (Å²) in [5.41, 5.74) is 13.0. The summed E-state index contributed by atoms with van der Waals surface area (Å²) in [4.78, 5) is 9.62. The van der Waals surface area contributed by atoms with Crippen molar-refractivity contribution >= 4 is 39.2 Å². The molecule has 266 valence electrons. The van der Waals surface area contributed by atoms with E-state index in [2.05, 4.69) is 188 Å². The molecule has 0 fully saturated rings. The van der Waals surface area contributed by atoms with Crippen LogP contribution in [-0.2, 0) is 6.42 Å². The van der Waals surface area contributed by atoms with Crippen molar-refractivity contribution in [3.05, 3.63) is 210 Å². The summed E-state index contributed by atoms with van der Waals surface area (Å²) < 4.78 is 0. The fourth-order valence-corrected chi connectivity index (χ4v) is 8.21. The van der Waals surface area contributed by atoms with Gasteiger partial charge in [0.15, 0.2) is 0 Å². The molecule has 1 aliphatic heterocycles. The van der Waals surface area contributed by atoms with Gasteiger partial charge in [0.05, 0.1) is 11.7 Å². The van der Waals surface area contributed by atoms with Gasteiger partial charge in [0, 0.05) is 18.0 Å². The van der Waals surface area contributed by atoms with Crippen molar-refractivity contribution in [1.82, 2.24) is 10.3 Å². The van der Waals surface area contributed by atoms with Gasteiger partial charge < -0.3 is 5.32 Å². The lowest BCUT2D eigenvalue weighted by Crippen LogP contribution is -2.37. The van der Waals surface area contributed by atoms with E-state index in [4.69, 9.17) is 4.99 Å². The zero-order valence-electron chi connectivity index (χ0n) is 31.3. The molecule has 7 aromatic rings. The van der Waals surface area contributed by atoms with Crippen molar-refractivity contribution in [1.29, 1.82) is 0 Å². The zero-order chi connectivity index (χ0) is 37.1. The van der Waals surface area contributed by atoms with Crippen LogP contribution in [0.15, 0.2) is 187 Å². The average molecular weight is 710 g/mol. The van der Waals surface area contributed by atoms with Gasteiger partial charge in [-0.05, 0) is 122 Å². The van der Waals surface area contributed by atoms with Gasteiger partial charge in [0.25, 0.3) is 0 Å². The molecule has 9 rings (SSSR count). The van der Waals surface area contributed by atoms with Crippen LogP contribution in [0.2, 0.25) is 0 Å². The summed E-state index contributed by atoms with van der Waals surface area (Å²) in [6.07, 6.45) is 19.3. The van der Waals surface area contributed by atoms with Gasteiger partial charge in [-0.3, -0.25) is 4.98 Å². The minimum absolute atomic E-state index is 0.0591. The van der Waals surface area contributed by atoms with Gasteiger partial charge in [-0.2, -0.15) is 0 Å². The average Bonchev–Trinajstić information content (AvgIpc) is 3.25. The Hall–Kier alpha value is -6.58. The van der Waals surface area contributed by atoms with Gasteiger partial charge in [0.1, 0.15) is 5.84 Å². The SMILES string of the molecule is C/C=C(\C=C/Cc1ccccc1)C1C=C(c2ccc(-c3cccnc3)cc2)N=C(c2cccc(-c3ccc4c(c3)c3c(c5ccccc54)C=CCC3C)c2)N1. The molecule has 0 radical (unpaired) electrons. The predicted octanol–water partition coefficient (Wildman–Crippen LogP) is 12.7. The fraction of sp³-hybridized carbons (Fsp3) is 0.115. The molecule has 1 N–H and O–H groups in total. The first-order valence-corrected chi connectivity index (χ1v) is 19.3. The molecule has 3 heteroatoms. The van der Waals surface area contributed by atoms with Gasteiger partial charge >= 0.3 is 0 Å². The summed E-state index contributed by atoms with van der Waals surface area (Å²) >= 11 is 0. The number of benzene rings is 6. The minimum atomic E-state index is -0.0591. The summed E-state index contributed by atoms with van der Waals surface area (Å²) in [5.74, 6) is 1.32. The van der Waals surface area contributed by atoms with Gasteiger partial charge in [0.2, 0.25) is 0 Å². The molecule has 2 unspecified atom stereocenters. The van der Waals surface area contributed by atoms with Crippen LogP contribution >= 0.6 is 0 Å². The highest BCUT2D eigenvalue weighted by Crippen LogP contribution is 2.42. The Morgan fingerprint density at radius 3 is 2.24 bits per heavy atom. The van der Waals surface area contributed by atoms with Crippen LogP contribution in [0.3, 0.4) is 0 Å². The molecular formula is C52H43N3. The third-order valence-electron chi connectivity index (χ3n) is 11.1. The number of nitrogens with one attached hydrogen (secondary N) is 1. The molecule has 0 spiro atoms. The Labute approximate surface area is 323 Å². The van der Waals surface area contributed by atoms with E-state index < -0.39 is 0 Å². The maximum atomic E-state index is 5.30. The molecule has 6 aromatic carbocycles. The molecule has 3 nitrogen and oxygen atoms in total. The molecule has 2 heterocycles. The van der Waals surface area contributed by atoms with E-state index in [1.807, 2.05) is 18.5 Å². The fourth-order valence-electron chi connectivity index (χ4n) is 8.21. The van der Waals surface area contributed by atoms with Crippen molar-refractivity contribution in [2.45, 2.75) is 38.6 Å². The number of pyridine rings is 1. The topological polar surface area (TPSA) is 37.3 Å². The lowest BCUT2D eigenvalue weighted by atomic mass is 9.81. The van der Waals surface area contributed by atoms with Crippen molar-refractivity contribution in [2.24, 2.45) is 4.99 Å². The Morgan fingerprint density at radius 2 is 1.42 bits per heavy atom. The lowest BCUT2D eigenvalue weighted by Gasteiger charge is -2.25. The monoisotopic (exact) mass is 709 g/mol. The zero-order valence-corrected chi connectivity index (χ0v) is 31.3. The van der Waals surface area contributed by atoms with E-state index in [0.717, 1.165) is 46.6 Å². The van der Waals surface area contributed by atoms with Crippen molar-refractivity contribution in [3.8, 4) is 22.3 Å². The first-order valence-electron chi connectivity index (χ1n) is 19.3. The summed E-state index contributed by atoms with van der Waals surface area (Å²) in [6.45, 7) is 4.48. The minimum Gasteiger partial charge on any atom is -0.359 e. The number of hydrogen-bond donors (Lipinski definition) is 1. The van der Waals surface area contributed by atoms with Crippen molar-refractivity contribution < 1.29 is 0 Å². The van der Waals surface area contributed by atoms with Crippen LogP contribution in [0, 0.1) is 0 Å². The normalized spacial score (nSPS) is 16.9. The van der Waals surface area contributed by atoms with Crippen LogP contribution in [0.1, 0.15) is 54.0 Å². The maximum absolute atomic E-state index is 5.30. The third-order valence-corrected chi connectivity index (χ3v) is 11.1. The number of rotatable bonds is 8. The van der Waals surface area contributed by atoms with E-state index in [1.165, 1.54) is 54.9 Å².